The second-order valence-corrected chi connectivity index (χ2v) is 12.7. The molecule has 0 aliphatic carbocycles. The average molecular weight is 591 g/mol. The Morgan fingerprint density at radius 3 is 2.34 bits per heavy atom. The van der Waals surface area contributed by atoms with E-state index in [1.807, 2.05) is 61.5 Å². The summed E-state index contributed by atoms with van der Waals surface area (Å²) in [5, 5.41) is 2.29. The quantitative estimate of drug-likeness (QED) is 0.396. The first-order valence-electron chi connectivity index (χ1n) is 13.2. The van der Waals surface area contributed by atoms with Crippen LogP contribution < -0.4 is 10.2 Å². The second-order valence-electron chi connectivity index (χ2n) is 9.75. The van der Waals surface area contributed by atoms with E-state index in [1.54, 1.807) is 6.08 Å². The average Bonchev–Trinajstić information content (AvgIpc) is 3.26. The molecule has 0 aromatic heterocycles. The number of piperazine rings is 1. The van der Waals surface area contributed by atoms with Crippen LogP contribution in [-0.4, -0.2) is 73.9 Å². The molecule has 0 saturated carbocycles. The minimum atomic E-state index is -3.79. The van der Waals surface area contributed by atoms with Gasteiger partial charge in [0, 0.05) is 50.5 Å². The van der Waals surface area contributed by atoms with Gasteiger partial charge < -0.3 is 10.2 Å². The van der Waals surface area contributed by atoms with Gasteiger partial charge in [-0.15, -0.1) is 0 Å². The van der Waals surface area contributed by atoms with E-state index in [1.165, 1.54) is 28.6 Å². The van der Waals surface area contributed by atoms with Crippen LogP contribution in [0.5, 0.6) is 0 Å². The van der Waals surface area contributed by atoms with Gasteiger partial charge in [0.2, 0.25) is 10.0 Å². The Bertz CT molecular complexity index is 1580. The lowest BCUT2D eigenvalue weighted by Crippen LogP contribution is -2.48. The van der Waals surface area contributed by atoms with Crippen molar-refractivity contribution in [2.24, 2.45) is 0 Å². The normalized spacial score (nSPS) is 17.3. The molecule has 1 N–H and O–H groups in total. The van der Waals surface area contributed by atoms with Crippen LogP contribution in [0.3, 0.4) is 0 Å². The summed E-state index contributed by atoms with van der Waals surface area (Å²) >= 11 is 0.864. The summed E-state index contributed by atoms with van der Waals surface area (Å²) in [4.78, 5) is 41.7. The Morgan fingerprint density at radius 1 is 0.927 bits per heavy atom. The molecule has 3 aromatic rings. The third-order valence-corrected chi connectivity index (χ3v) is 9.77. The first-order chi connectivity index (χ1) is 19.7. The summed E-state index contributed by atoms with van der Waals surface area (Å²) in [5.41, 5.74) is 3.15. The maximum atomic E-state index is 13.3. The van der Waals surface area contributed by atoms with Crippen molar-refractivity contribution in [1.82, 2.24) is 14.5 Å². The van der Waals surface area contributed by atoms with E-state index >= 15 is 0 Å². The minimum Gasteiger partial charge on any atom is -0.369 e. The Morgan fingerprint density at radius 2 is 1.63 bits per heavy atom. The van der Waals surface area contributed by atoms with Crippen LogP contribution >= 0.6 is 11.8 Å². The molecule has 0 bridgehead atoms. The summed E-state index contributed by atoms with van der Waals surface area (Å²) in [5.74, 6) is -0.895. The number of hydrogen-bond acceptors (Lipinski definition) is 7. The molecule has 3 amide bonds. The highest BCUT2D eigenvalue weighted by molar-refractivity contribution is 8.18. The van der Waals surface area contributed by atoms with Crippen molar-refractivity contribution in [2.45, 2.75) is 11.8 Å². The van der Waals surface area contributed by atoms with Crippen molar-refractivity contribution in [2.75, 3.05) is 44.2 Å². The smallest absolute Gasteiger partial charge is 0.293 e. The molecular weight excluding hydrogens is 560 g/mol. The number of aryl methyl sites for hydroxylation is 1. The lowest BCUT2D eigenvalue weighted by atomic mass is 10.1. The zero-order valence-corrected chi connectivity index (χ0v) is 24.2. The number of anilines is 1. The maximum Gasteiger partial charge on any atom is 0.293 e. The lowest BCUT2D eigenvalue weighted by Gasteiger charge is -2.35. The number of nitrogens with zero attached hydrogens (tertiary/aromatic N) is 3. The van der Waals surface area contributed by atoms with Gasteiger partial charge in [0.15, 0.2) is 0 Å². The molecule has 0 spiro atoms. The zero-order chi connectivity index (χ0) is 29.0. The van der Waals surface area contributed by atoms with Crippen LogP contribution in [0.25, 0.3) is 6.08 Å². The van der Waals surface area contributed by atoms with E-state index in [0.29, 0.717) is 31.1 Å². The molecule has 2 aliphatic rings. The Hall–Kier alpha value is -3.93. The highest BCUT2D eigenvalue weighted by Crippen LogP contribution is 2.32. The van der Waals surface area contributed by atoms with Crippen LogP contribution in [0.4, 0.5) is 10.5 Å². The zero-order valence-electron chi connectivity index (χ0n) is 22.5. The minimum absolute atomic E-state index is 0.00528. The molecule has 2 fully saturated rings. The molecule has 0 radical (unpaired) electrons. The number of nitrogens with one attached hydrogen (secondary N) is 1. The van der Waals surface area contributed by atoms with Crippen molar-refractivity contribution in [3.63, 3.8) is 0 Å². The Labute approximate surface area is 243 Å². The van der Waals surface area contributed by atoms with Crippen molar-refractivity contribution >= 4 is 50.6 Å². The molecular formula is C30H30N4O5S2. The number of imide groups is 1. The fourth-order valence-electron chi connectivity index (χ4n) is 4.66. The topological polar surface area (TPSA) is 107 Å². The summed E-state index contributed by atoms with van der Waals surface area (Å²) in [6.45, 7) is 3.82. The second kappa shape index (κ2) is 12.3. The number of carbonyl (C=O) groups is 3. The number of thioether (sulfide) groups is 1. The third kappa shape index (κ3) is 6.53. The standard InChI is InChI=1S/C30H30N4O5S2/c1-22-10-12-23(13-11-22)20-27-29(36)34(30(37)40-27)15-14-31-28(35)24-6-5-9-26(21-24)41(38,39)33-18-16-32(17-19-33)25-7-3-2-4-8-25/h2-13,20-21H,14-19H2,1H3,(H,31,35)/b27-20-. The highest BCUT2D eigenvalue weighted by Gasteiger charge is 2.35. The van der Waals surface area contributed by atoms with Gasteiger partial charge in [-0.1, -0.05) is 54.1 Å². The van der Waals surface area contributed by atoms with Gasteiger partial charge in [-0.25, -0.2) is 8.42 Å². The molecule has 212 valence electrons. The van der Waals surface area contributed by atoms with Crippen LogP contribution in [0.1, 0.15) is 21.5 Å². The molecule has 2 aliphatic heterocycles. The van der Waals surface area contributed by atoms with Crippen molar-refractivity contribution in [3.8, 4) is 0 Å². The predicted molar refractivity (Wildman–Crippen MR) is 160 cm³/mol. The van der Waals surface area contributed by atoms with E-state index in [0.717, 1.165) is 33.5 Å². The maximum absolute atomic E-state index is 13.3. The van der Waals surface area contributed by atoms with Crippen LogP contribution in [0, 0.1) is 6.92 Å². The summed E-state index contributed by atoms with van der Waals surface area (Å²) in [7, 11) is -3.79. The molecule has 0 unspecified atom stereocenters. The molecule has 2 heterocycles. The summed E-state index contributed by atoms with van der Waals surface area (Å²) in [6.07, 6.45) is 1.68. The van der Waals surface area contributed by atoms with E-state index in [-0.39, 0.29) is 23.5 Å². The monoisotopic (exact) mass is 590 g/mol. The van der Waals surface area contributed by atoms with Crippen molar-refractivity contribution in [3.05, 3.63) is 100 Å². The van der Waals surface area contributed by atoms with Crippen LogP contribution in [0.2, 0.25) is 0 Å². The molecule has 9 nitrogen and oxygen atoms in total. The molecule has 41 heavy (non-hydrogen) atoms. The predicted octanol–water partition coefficient (Wildman–Crippen LogP) is 3.97. The highest BCUT2D eigenvalue weighted by atomic mass is 32.2. The van der Waals surface area contributed by atoms with Gasteiger partial charge >= 0.3 is 0 Å². The fourth-order valence-corrected chi connectivity index (χ4v) is 7.00. The van der Waals surface area contributed by atoms with E-state index < -0.39 is 27.1 Å². The number of rotatable bonds is 8. The first kappa shape index (κ1) is 28.6. The molecule has 11 heteroatoms. The first-order valence-corrected chi connectivity index (χ1v) is 15.5. The van der Waals surface area contributed by atoms with E-state index in [4.69, 9.17) is 0 Å². The van der Waals surface area contributed by atoms with Crippen molar-refractivity contribution in [1.29, 1.82) is 0 Å². The fraction of sp³-hybridized carbons (Fsp3) is 0.233. The summed E-state index contributed by atoms with van der Waals surface area (Å²) < 4.78 is 28.1. The van der Waals surface area contributed by atoms with Gasteiger partial charge in [-0.3, -0.25) is 19.3 Å². The van der Waals surface area contributed by atoms with Gasteiger partial charge in [-0.05, 0) is 60.7 Å². The molecule has 5 rings (SSSR count). The Kier molecular flexibility index (Phi) is 8.57. The van der Waals surface area contributed by atoms with Gasteiger partial charge in [0.25, 0.3) is 17.1 Å². The number of hydrogen-bond donors (Lipinski definition) is 1. The molecule has 3 aromatic carbocycles. The van der Waals surface area contributed by atoms with Crippen LogP contribution in [0.15, 0.2) is 88.7 Å². The summed E-state index contributed by atoms with van der Waals surface area (Å²) in [6, 6.07) is 23.4. The van der Waals surface area contributed by atoms with E-state index in [9.17, 15) is 22.8 Å². The number of sulfonamides is 1. The van der Waals surface area contributed by atoms with Gasteiger partial charge in [-0.2, -0.15) is 4.31 Å². The van der Waals surface area contributed by atoms with Crippen molar-refractivity contribution < 1.29 is 22.8 Å². The number of benzene rings is 3. The SMILES string of the molecule is Cc1ccc(/C=C2\SC(=O)N(CCNC(=O)c3cccc(S(=O)(=O)N4CCN(c5ccccc5)CC4)c3)C2=O)cc1. The number of amides is 3. The van der Waals surface area contributed by atoms with Crippen LogP contribution in [-0.2, 0) is 14.8 Å². The number of carbonyl (C=O) groups excluding carboxylic acids is 3. The third-order valence-electron chi connectivity index (χ3n) is 6.96. The van der Waals surface area contributed by atoms with E-state index in [2.05, 4.69) is 10.2 Å². The Balaban J connectivity index is 1.17. The number of para-hydroxylation sites is 1. The van der Waals surface area contributed by atoms with Gasteiger partial charge in [0.1, 0.15) is 0 Å². The van der Waals surface area contributed by atoms with Gasteiger partial charge in [0.05, 0.1) is 9.80 Å². The lowest BCUT2D eigenvalue weighted by molar-refractivity contribution is -0.122. The molecule has 0 atom stereocenters. The largest absolute Gasteiger partial charge is 0.369 e. The molecule has 2 saturated heterocycles.